The summed E-state index contributed by atoms with van der Waals surface area (Å²) < 4.78 is 39.7. The topological polar surface area (TPSA) is 48.0 Å². The number of rotatable bonds is 3. The fraction of sp³-hybridized carbons (Fsp3) is 0.0556. The number of halogens is 4. The fourth-order valence-electron chi connectivity index (χ4n) is 2.57. The van der Waals surface area contributed by atoms with Crippen molar-refractivity contribution < 1.29 is 18.0 Å². The zero-order valence-corrected chi connectivity index (χ0v) is 13.5. The van der Waals surface area contributed by atoms with E-state index in [9.17, 15) is 18.0 Å². The van der Waals surface area contributed by atoms with Crippen LogP contribution in [0.3, 0.4) is 0 Å². The summed E-state index contributed by atoms with van der Waals surface area (Å²) in [4.78, 5) is 11.3. The molecule has 0 aliphatic carbocycles. The van der Waals surface area contributed by atoms with Crippen LogP contribution in [0.15, 0.2) is 55.2 Å². The van der Waals surface area contributed by atoms with Gasteiger partial charge in [-0.15, -0.1) is 0 Å². The Kier molecular flexibility index (Phi) is 4.08. The lowest BCUT2D eigenvalue weighted by molar-refractivity contribution is -0.137. The predicted molar refractivity (Wildman–Crippen MR) is 91.5 cm³/mol. The number of benzene rings is 2. The van der Waals surface area contributed by atoms with E-state index in [1.165, 1.54) is 12.1 Å². The molecule has 0 aliphatic rings. The molecule has 0 unspecified atom stereocenters. The summed E-state index contributed by atoms with van der Waals surface area (Å²) in [6.07, 6.45) is -2.70. The molecule has 1 amide bonds. The van der Waals surface area contributed by atoms with Gasteiger partial charge >= 0.3 is 6.18 Å². The molecular formula is C18H12ClF3N2O. The number of hydrogen-bond acceptors (Lipinski definition) is 1. The van der Waals surface area contributed by atoms with Crippen molar-refractivity contribution in [3.63, 3.8) is 0 Å². The smallest absolute Gasteiger partial charge is 0.366 e. The summed E-state index contributed by atoms with van der Waals surface area (Å²) in [5, 5.41) is 1.05. The SMILES string of the molecule is C=C(C(N)=O)c1cc(Cl)c2c(ccn2-c2ccc(C(F)(F)F)cc2)c1. The van der Waals surface area contributed by atoms with E-state index in [0.29, 0.717) is 27.2 Å². The van der Waals surface area contributed by atoms with E-state index in [1.54, 1.807) is 29.0 Å². The van der Waals surface area contributed by atoms with Gasteiger partial charge in [-0.1, -0.05) is 18.2 Å². The van der Waals surface area contributed by atoms with Gasteiger partial charge in [0.15, 0.2) is 0 Å². The molecule has 1 aromatic heterocycles. The highest BCUT2D eigenvalue weighted by Gasteiger charge is 2.30. The van der Waals surface area contributed by atoms with Gasteiger partial charge < -0.3 is 10.3 Å². The summed E-state index contributed by atoms with van der Waals surface area (Å²) in [6, 6.07) is 9.77. The Hall–Kier alpha value is -2.73. The molecule has 25 heavy (non-hydrogen) atoms. The first-order chi connectivity index (χ1) is 11.7. The highest BCUT2D eigenvalue weighted by molar-refractivity contribution is 6.36. The Labute approximate surface area is 146 Å². The predicted octanol–water partition coefficient (Wildman–Crippen LogP) is 4.80. The van der Waals surface area contributed by atoms with Crippen molar-refractivity contribution >= 4 is 34.0 Å². The molecule has 7 heteroatoms. The van der Waals surface area contributed by atoms with Crippen molar-refractivity contribution in [3.05, 3.63) is 71.4 Å². The minimum atomic E-state index is -4.39. The summed E-state index contributed by atoms with van der Waals surface area (Å²) in [5.41, 5.74) is 6.28. The molecule has 3 aromatic rings. The molecule has 0 saturated carbocycles. The van der Waals surface area contributed by atoms with E-state index in [1.807, 2.05) is 0 Å². The number of carbonyl (C=O) groups is 1. The second-order valence-corrected chi connectivity index (χ2v) is 5.88. The van der Waals surface area contributed by atoms with Crippen LogP contribution in [0, 0.1) is 0 Å². The maximum atomic E-state index is 12.7. The first-order valence-electron chi connectivity index (χ1n) is 7.16. The second-order valence-electron chi connectivity index (χ2n) is 5.47. The number of fused-ring (bicyclic) bond motifs is 1. The lowest BCUT2D eigenvalue weighted by Gasteiger charge is -2.11. The van der Waals surface area contributed by atoms with Gasteiger partial charge in [0.1, 0.15) is 0 Å². The highest BCUT2D eigenvalue weighted by Crippen LogP contribution is 2.33. The minimum Gasteiger partial charge on any atom is -0.366 e. The van der Waals surface area contributed by atoms with Gasteiger partial charge in [0, 0.05) is 22.8 Å². The number of aromatic nitrogens is 1. The largest absolute Gasteiger partial charge is 0.416 e. The Balaban J connectivity index is 2.10. The molecule has 0 radical (unpaired) electrons. The molecule has 1 heterocycles. The number of hydrogen-bond donors (Lipinski definition) is 1. The second kappa shape index (κ2) is 5.97. The maximum Gasteiger partial charge on any atom is 0.416 e. The third kappa shape index (κ3) is 3.13. The van der Waals surface area contributed by atoms with Crippen LogP contribution < -0.4 is 5.73 Å². The van der Waals surface area contributed by atoms with Crippen molar-refractivity contribution in [1.82, 2.24) is 4.57 Å². The van der Waals surface area contributed by atoms with Crippen LogP contribution in [0.4, 0.5) is 13.2 Å². The van der Waals surface area contributed by atoms with E-state index in [-0.39, 0.29) is 5.57 Å². The standard InChI is InChI=1S/C18H12ClF3N2O/c1-10(17(23)25)12-8-11-6-7-24(16(11)15(19)9-12)14-4-2-13(3-5-14)18(20,21)22/h2-9H,1H2,(H2,23,25). The molecule has 0 fully saturated rings. The molecule has 0 atom stereocenters. The third-order valence-corrected chi connectivity index (χ3v) is 4.14. The number of carbonyl (C=O) groups excluding carboxylic acids is 1. The average Bonchev–Trinajstić information content (AvgIpc) is 2.97. The lowest BCUT2D eigenvalue weighted by atomic mass is 10.1. The molecule has 0 bridgehead atoms. The molecular weight excluding hydrogens is 353 g/mol. The quantitative estimate of drug-likeness (QED) is 0.667. The van der Waals surface area contributed by atoms with Crippen LogP contribution in [0.5, 0.6) is 0 Å². The van der Waals surface area contributed by atoms with E-state index >= 15 is 0 Å². The Morgan fingerprint density at radius 1 is 1.12 bits per heavy atom. The molecule has 2 N–H and O–H groups in total. The van der Waals surface area contributed by atoms with Crippen LogP contribution in [0.2, 0.25) is 5.02 Å². The number of amides is 1. The van der Waals surface area contributed by atoms with Gasteiger partial charge in [-0.2, -0.15) is 13.2 Å². The first-order valence-corrected chi connectivity index (χ1v) is 7.53. The summed E-state index contributed by atoms with van der Waals surface area (Å²) in [6.45, 7) is 3.62. The van der Waals surface area contributed by atoms with Gasteiger partial charge in [0.25, 0.3) is 0 Å². The average molecular weight is 365 g/mol. The van der Waals surface area contributed by atoms with Crippen molar-refractivity contribution in [2.24, 2.45) is 5.73 Å². The van der Waals surface area contributed by atoms with Gasteiger partial charge in [-0.05, 0) is 48.0 Å². The Bertz CT molecular complexity index is 988. The zero-order valence-electron chi connectivity index (χ0n) is 12.8. The molecule has 0 saturated heterocycles. The van der Waals surface area contributed by atoms with Crippen LogP contribution >= 0.6 is 11.6 Å². The third-order valence-electron chi connectivity index (χ3n) is 3.86. The van der Waals surface area contributed by atoms with Gasteiger partial charge in [-0.3, -0.25) is 4.79 Å². The minimum absolute atomic E-state index is 0.131. The number of primary amides is 1. The van der Waals surface area contributed by atoms with Gasteiger partial charge in [0.05, 0.1) is 16.1 Å². The zero-order chi connectivity index (χ0) is 18.4. The normalized spacial score (nSPS) is 11.7. The molecule has 0 aliphatic heterocycles. The van der Waals surface area contributed by atoms with Crippen LogP contribution in [0.25, 0.3) is 22.2 Å². The molecule has 3 nitrogen and oxygen atoms in total. The molecule has 128 valence electrons. The summed E-state index contributed by atoms with van der Waals surface area (Å²) in [7, 11) is 0. The highest BCUT2D eigenvalue weighted by atomic mass is 35.5. The van der Waals surface area contributed by atoms with Crippen molar-refractivity contribution in [2.45, 2.75) is 6.18 Å². The van der Waals surface area contributed by atoms with Crippen LogP contribution in [-0.4, -0.2) is 10.5 Å². The number of alkyl halides is 3. The maximum absolute atomic E-state index is 12.7. The van der Waals surface area contributed by atoms with E-state index < -0.39 is 17.6 Å². The Morgan fingerprint density at radius 3 is 2.32 bits per heavy atom. The van der Waals surface area contributed by atoms with Crippen molar-refractivity contribution in [1.29, 1.82) is 0 Å². The summed E-state index contributed by atoms with van der Waals surface area (Å²) in [5.74, 6) is -0.655. The first kappa shape index (κ1) is 17.1. The number of nitrogens with zero attached hydrogens (tertiary/aromatic N) is 1. The Morgan fingerprint density at radius 2 is 1.76 bits per heavy atom. The van der Waals surface area contributed by atoms with Crippen LogP contribution in [-0.2, 0) is 11.0 Å². The van der Waals surface area contributed by atoms with Crippen molar-refractivity contribution in [3.8, 4) is 5.69 Å². The lowest BCUT2D eigenvalue weighted by Crippen LogP contribution is -2.11. The fourth-order valence-corrected chi connectivity index (χ4v) is 2.89. The monoisotopic (exact) mass is 364 g/mol. The van der Waals surface area contributed by atoms with E-state index in [2.05, 4.69) is 6.58 Å². The molecule has 3 rings (SSSR count). The van der Waals surface area contributed by atoms with Crippen LogP contribution in [0.1, 0.15) is 11.1 Å². The van der Waals surface area contributed by atoms with Crippen molar-refractivity contribution in [2.75, 3.05) is 0 Å². The summed E-state index contributed by atoms with van der Waals surface area (Å²) >= 11 is 6.32. The van der Waals surface area contributed by atoms with E-state index in [0.717, 1.165) is 12.1 Å². The van der Waals surface area contributed by atoms with Gasteiger partial charge in [-0.25, -0.2) is 0 Å². The molecule has 0 spiro atoms. The number of nitrogens with two attached hydrogens (primary N) is 1. The van der Waals surface area contributed by atoms with Gasteiger partial charge in [0.2, 0.25) is 5.91 Å². The van der Waals surface area contributed by atoms with E-state index in [4.69, 9.17) is 17.3 Å². The molecule has 2 aromatic carbocycles.